The summed E-state index contributed by atoms with van der Waals surface area (Å²) in [4.78, 5) is 28.4. The number of hydrogen-bond donors (Lipinski definition) is 1. The van der Waals surface area contributed by atoms with Crippen LogP contribution < -0.4 is 0 Å². The summed E-state index contributed by atoms with van der Waals surface area (Å²) < 4.78 is 5.57. The number of nitrogens with zero attached hydrogens (tertiary/aromatic N) is 2. The molecule has 0 radical (unpaired) electrons. The highest BCUT2D eigenvalue weighted by Crippen LogP contribution is 2.40. The fraction of sp³-hybridized carbons (Fsp3) is 0.889. The van der Waals surface area contributed by atoms with Gasteiger partial charge in [-0.2, -0.15) is 0 Å². The van der Waals surface area contributed by atoms with Crippen molar-refractivity contribution in [3.8, 4) is 0 Å². The van der Waals surface area contributed by atoms with Crippen molar-refractivity contribution in [3.05, 3.63) is 0 Å². The van der Waals surface area contributed by atoms with Crippen molar-refractivity contribution in [1.82, 2.24) is 9.80 Å². The number of amides is 2. The van der Waals surface area contributed by atoms with Gasteiger partial charge >= 0.3 is 6.09 Å². The molecule has 3 aliphatic heterocycles. The van der Waals surface area contributed by atoms with Gasteiger partial charge in [0.1, 0.15) is 5.60 Å². The quantitative estimate of drug-likeness (QED) is 0.854. The van der Waals surface area contributed by atoms with Gasteiger partial charge in [-0.3, -0.25) is 4.79 Å². The fourth-order valence-corrected chi connectivity index (χ4v) is 4.52. The van der Waals surface area contributed by atoms with Crippen LogP contribution in [0.25, 0.3) is 0 Å². The first-order valence-electron chi connectivity index (χ1n) is 9.16. The van der Waals surface area contributed by atoms with Gasteiger partial charge in [-0.15, -0.1) is 0 Å². The molecule has 24 heavy (non-hydrogen) atoms. The molecule has 0 saturated carbocycles. The standard InChI is InChI=1S/C18H30N2O4/c1-18(2,3)24-17(23)20-14-4-5-15(20)7-12(6-14)9-19-10-13(11-21)8-16(19)22/h12-15,21H,4-11H2,1-3H3/t12?,13?,14-,15+. The summed E-state index contributed by atoms with van der Waals surface area (Å²) in [6.45, 7) is 7.23. The van der Waals surface area contributed by atoms with Gasteiger partial charge in [-0.1, -0.05) is 0 Å². The van der Waals surface area contributed by atoms with Gasteiger partial charge in [0.05, 0.1) is 0 Å². The maximum absolute atomic E-state index is 12.5. The number of likely N-dealkylation sites (tertiary alicyclic amines) is 1. The van der Waals surface area contributed by atoms with Crippen molar-refractivity contribution in [2.24, 2.45) is 11.8 Å². The predicted molar refractivity (Wildman–Crippen MR) is 89.4 cm³/mol. The third-order valence-corrected chi connectivity index (χ3v) is 5.47. The number of carbonyl (C=O) groups is 2. The molecule has 0 aromatic rings. The Labute approximate surface area is 144 Å². The van der Waals surface area contributed by atoms with Crippen molar-refractivity contribution in [2.45, 2.75) is 70.6 Å². The van der Waals surface area contributed by atoms with E-state index >= 15 is 0 Å². The minimum absolute atomic E-state index is 0.0879. The van der Waals surface area contributed by atoms with Crippen molar-refractivity contribution in [2.75, 3.05) is 19.7 Å². The molecule has 0 aliphatic carbocycles. The first kappa shape index (κ1) is 17.5. The lowest BCUT2D eigenvalue weighted by Gasteiger charge is -2.40. The normalized spacial score (nSPS) is 33.2. The Kier molecular flexibility index (Phi) is 4.78. The molecule has 0 aromatic carbocycles. The van der Waals surface area contributed by atoms with E-state index in [-0.39, 0.29) is 36.6 Å². The van der Waals surface area contributed by atoms with Gasteiger partial charge in [-0.25, -0.2) is 4.79 Å². The highest BCUT2D eigenvalue weighted by molar-refractivity contribution is 5.78. The summed E-state index contributed by atoms with van der Waals surface area (Å²) in [6, 6.07) is 0.491. The zero-order valence-electron chi connectivity index (χ0n) is 15.0. The summed E-state index contributed by atoms with van der Waals surface area (Å²) in [5.74, 6) is 0.703. The van der Waals surface area contributed by atoms with E-state index in [1.807, 2.05) is 30.6 Å². The Morgan fingerprint density at radius 3 is 2.33 bits per heavy atom. The molecule has 136 valence electrons. The molecule has 3 aliphatic rings. The number of ether oxygens (including phenoxy) is 1. The third-order valence-electron chi connectivity index (χ3n) is 5.47. The number of fused-ring (bicyclic) bond motifs is 2. The van der Waals surface area contributed by atoms with E-state index in [0.29, 0.717) is 18.9 Å². The van der Waals surface area contributed by atoms with Gasteiger partial charge < -0.3 is 19.6 Å². The van der Waals surface area contributed by atoms with E-state index in [1.165, 1.54) is 0 Å². The van der Waals surface area contributed by atoms with Crippen LogP contribution in [-0.4, -0.2) is 64.3 Å². The molecule has 0 aromatic heterocycles. The molecule has 2 unspecified atom stereocenters. The van der Waals surface area contributed by atoms with Crippen LogP contribution in [0, 0.1) is 11.8 Å². The van der Waals surface area contributed by atoms with Crippen molar-refractivity contribution in [3.63, 3.8) is 0 Å². The van der Waals surface area contributed by atoms with Crippen molar-refractivity contribution >= 4 is 12.0 Å². The van der Waals surface area contributed by atoms with E-state index < -0.39 is 5.60 Å². The van der Waals surface area contributed by atoms with Crippen LogP contribution >= 0.6 is 0 Å². The molecule has 6 heteroatoms. The topological polar surface area (TPSA) is 70.1 Å². The fourth-order valence-electron chi connectivity index (χ4n) is 4.52. The van der Waals surface area contributed by atoms with E-state index in [2.05, 4.69) is 0 Å². The Morgan fingerprint density at radius 1 is 1.21 bits per heavy atom. The molecule has 3 heterocycles. The number of aliphatic hydroxyl groups excluding tert-OH is 1. The zero-order valence-corrected chi connectivity index (χ0v) is 15.0. The Bertz CT molecular complexity index is 488. The molecule has 1 N–H and O–H groups in total. The molecule has 3 rings (SSSR count). The second-order valence-corrected chi connectivity index (χ2v) is 8.66. The van der Waals surface area contributed by atoms with E-state index in [9.17, 15) is 14.7 Å². The molecular weight excluding hydrogens is 308 g/mol. The van der Waals surface area contributed by atoms with Crippen LogP contribution in [0.2, 0.25) is 0 Å². The maximum atomic E-state index is 12.5. The Balaban J connectivity index is 1.57. The van der Waals surface area contributed by atoms with Crippen LogP contribution in [0.3, 0.4) is 0 Å². The lowest BCUT2D eigenvalue weighted by atomic mass is 9.90. The molecule has 0 spiro atoms. The third kappa shape index (κ3) is 3.68. The summed E-state index contributed by atoms with van der Waals surface area (Å²) in [5, 5.41) is 9.25. The monoisotopic (exact) mass is 338 g/mol. The molecule has 4 atom stereocenters. The van der Waals surface area contributed by atoms with Gasteiger partial charge in [0.25, 0.3) is 0 Å². The lowest BCUT2D eigenvalue weighted by molar-refractivity contribution is -0.128. The van der Waals surface area contributed by atoms with E-state index in [0.717, 1.165) is 32.2 Å². The smallest absolute Gasteiger partial charge is 0.410 e. The largest absolute Gasteiger partial charge is 0.444 e. The molecular formula is C18H30N2O4. The Hall–Kier alpha value is -1.30. The number of aliphatic hydroxyl groups is 1. The zero-order chi connectivity index (χ0) is 17.5. The second kappa shape index (κ2) is 6.54. The van der Waals surface area contributed by atoms with Crippen LogP contribution in [0.1, 0.15) is 52.9 Å². The van der Waals surface area contributed by atoms with Crippen molar-refractivity contribution in [1.29, 1.82) is 0 Å². The van der Waals surface area contributed by atoms with E-state index in [4.69, 9.17) is 4.74 Å². The molecule has 2 bridgehead atoms. The van der Waals surface area contributed by atoms with Crippen LogP contribution in [0.4, 0.5) is 4.79 Å². The van der Waals surface area contributed by atoms with Crippen LogP contribution in [-0.2, 0) is 9.53 Å². The van der Waals surface area contributed by atoms with Gasteiger partial charge in [-0.05, 0) is 52.4 Å². The molecule has 3 fully saturated rings. The number of rotatable bonds is 3. The van der Waals surface area contributed by atoms with Crippen LogP contribution in [0.15, 0.2) is 0 Å². The SMILES string of the molecule is CC(C)(C)OC(=O)N1[C@@H]2CC[C@H]1CC(CN1CC(CO)CC1=O)C2. The first-order valence-corrected chi connectivity index (χ1v) is 9.16. The minimum Gasteiger partial charge on any atom is -0.444 e. The highest BCUT2D eigenvalue weighted by atomic mass is 16.6. The number of hydrogen-bond acceptors (Lipinski definition) is 4. The Morgan fingerprint density at radius 2 is 1.83 bits per heavy atom. The average Bonchev–Trinajstić information content (AvgIpc) is 2.95. The van der Waals surface area contributed by atoms with Gasteiger partial charge in [0, 0.05) is 44.1 Å². The second-order valence-electron chi connectivity index (χ2n) is 8.66. The lowest BCUT2D eigenvalue weighted by Crippen LogP contribution is -2.50. The number of piperidine rings is 1. The average molecular weight is 338 g/mol. The van der Waals surface area contributed by atoms with Gasteiger partial charge in [0.15, 0.2) is 0 Å². The summed E-state index contributed by atoms with van der Waals surface area (Å²) in [7, 11) is 0. The molecule has 6 nitrogen and oxygen atoms in total. The van der Waals surface area contributed by atoms with Crippen LogP contribution in [0.5, 0.6) is 0 Å². The first-order chi connectivity index (χ1) is 11.3. The minimum atomic E-state index is -0.464. The van der Waals surface area contributed by atoms with Gasteiger partial charge in [0.2, 0.25) is 5.91 Å². The summed E-state index contributed by atoms with van der Waals surface area (Å²) in [5.41, 5.74) is -0.464. The molecule has 2 amide bonds. The van der Waals surface area contributed by atoms with E-state index in [1.54, 1.807) is 0 Å². The predicted octanol–water partition coefficient (Wildman–Crippen LogP) is 2.01. The highest BCUT2D eigenvalue weighted by Gasteiger charge is 2.45. The number of carbonyl (C=O) groups excluding carboxylic acids is 2. The summed E-state index contributed by atoms with van der Waals surface area (Å²) >= 11 is 0. The van der Waals surface area contributed by atoms with Crippen molar-refractivity contribution < 1.29 is 19.4 Å². The molecule has 3 saturated heterocycles. The maximum Gasteiger partial charge on any atom is 0.410 e. The summed E-state index contributed by atoms with van der Waals surface area (Å²) in [6.07, 6.45) is 4.25.